The molecule has 88 heavy (non-hydrogen) atoms. The Morgan fingerprint density at radius 1 is 0.182 bits per heavy atom. The maximum absolute atomic E-state index is 14.4. The van der Waals surface area contributed by atoms with Crippen LogP contribution in [0.4, 0.5) is 0 Å². The van der Waals surface area contributed by atoms with Crippen LogP contribution in [-0.2, 0) is 19.2 Å². The Kier molecular flexibility index (Phi) is 72.1. The van der Waals surface area contributed by atoms with Crippen LogP contribution in [0.5, 0.6) is 0 Å². The Labute approximate surface area is 550 Å². The monoisotopic (exact) mass is 1240 g/mol. The zero-order chi connectivity index (χ0) is 63.8. The lowest BCUT2D eigenvalue weighted by Gasteiger charge is -2.25. The van der Waals surface area contributed by atoms with Gasteiger partial charge in [0, 0.05) is 39.0 Å². The molecule has 0 spiro atoms. The Balaban J connectivity index is 5.38. The van der Waals surface area contributed by atoms with Gasteiger partial charge in [-0.1, -0.05) is 413 Å². The van der Waals surface area contributed by atoms with Crippen molar-refractivity contribution in [3.8, 4) is 0 Å². The summed E-state index contributed by atoms with van der Waals surface area (Å²) >= 11 is 0. The molecule has 0 bridgehead atoms. The summed E-state index contributed by atoms with van der Waals surface area (Å²) in [6, 6.07) is 0. The zero-order valence-corrected chi connectivity index (χ0v) is 60.3. The van der Waals surface area contributed by atoms with Crippen LogP contribution in [0, 0.1) is 11.8 Å². The van der Waals surface area contributed by atoms with E-state index in [1.807, 2.05) is 0 Å². The van der Waals surface area contributed by atoms with E-state index in [4.69, 9.17) is 0 Å². The maximum Gasteiger partial charge on any atom is 0.224 e. The van der Waals surface area contributed by atoms with Crippen molar-refractivity contribution in [1.82, 2.24) is 21.3 Å². The molecular weight excluding hydrogens is 1080 g/mol. The molecule has 0 saturated carbocycles. The number of amides is 4. The second-order valence-electron chi connectivity index (χ2n) is 28.1. The van der Waals surface area contributed by atoms with E-state index >= 15 is 0 Å². The van der Waals surface area contributed by atoms with Crippen molar-refractivity contribution in [1.29, 1.82) is 0 Å². The minimum absolute atomic E-state index is 0.0901. The molecule has 2 unspecified atom stereocenters. The van der Waals surface area contributed by atoms with Gasteiger partial charge in [0.2, 0.25) is 23.6 Å². The molecule has 0 aromatic carbocycles. The molecule has 8 nitrogen and oxygen atoms in total. The minimum Gasteiger partial charge on any atom is -0.356 e. The normalized spacial score (nSPS) is 12.2. The van der Waals surface area contributed by atoms with Crippen LogP contribution in [0.15, 0.2) is 0 Å². The standard InChI is InChI=1S/C80H158N4O4/c1-5-9-13-17-21-25-29-33-37-41-45-49-53-57-61-65-69-81-77(85)73-75(79(87)83-71-67-63-59-55-51-47-43-39-35-31-27-23-19-15-11-7-3)76(80(88)84-72-68-64-60-56-52-48-44-40-36-32-28-24-20-16-12-8-4)74-78(86)82-70-66-62-58-54-50-46-42-38-34-30-26-22-18-14-10-6-2/h75-76H,5-74H2,1-4H3,(H,81,85)(H,82,86)(H,83,87)(H,84,88). The predicted molar refractivity (Wildman–Crippen MR) is 386 cm³/mol. The van der Waals surface area contributed by atoms with E-state index in [9.17, 15) is 19.2 Å². The van der Waals surface area contributed by atoms with Gasteiger partial charge in [-0.3, -0.25) is 19.2 Å². The second-order valence-corrected chi connectivity index (χ2v) is 28.1. The van der Waals surface area contributed by atoms with Gasteiger partial charge in [0.1, 0.15) is 0 Å². The van der Waals surface area contributed by atoms with E-state index in [0.29, 0.717) is 26.2 Å². The first-order valence-corrected chi connectivity index (χ1v) is 40.5. The first kappa shape index (κ1) is 85.9. The Hall–Kier alpha value is -2.12. The first-order valence-electron chi connectivity index (χ1n) is 40.5. The SMILES string of the molecule is CCCCCCCCCCCCCCCCCCNC(=O)CC(C(=O)NCCCCCCCCCCCCCCCCCC)C(CC(=O)NCCCCCCCCCCCCCCCCCC)C(=O)NCCCCCCCCCCCCCCCCCC. The summed E-state index contributed by atoms with van der Waals surface area (Å²) in [4.78, 5) is 56.3. The van der Waals surface area contributed by atoms with Crippen molar-refractivity contribution in [2.75, 3.05) is 26.2 Å². The highest BCUT2D eigenvalue weighted by molar-refractivity contribution is 5.93. The number of carbonyl (C=O) groups is 4. The highest BCUT2D eigenvalue weighted by Crippen LogP contribution is 2.24. The van der Waals surface area contributed by atoms with Gasteiger partial charge < -0.3 is 21.3 Å². The highest BCUT2D eigenvalue weighted by Gasteiger charge is 2.37. The molecule has 0 aromatic rings. The topological polar surface area (TPSA) is 116 Å². The fraction of sp³-hybridized carbons (Fsp3) is 0.950. The fourth-order valence-corrected chi connectivity index (χ4v) is 13.2. The van der Waals surface area contributed by atoms with Crippen LogP contribution >= 0.6 is 0 Å². The first-order chi connectivity index (χ1) is 43.4. The number of unbranched alkanes of at least 4 members (excludes halogenated alkanes) is 60. The lowest BCUT2D eigenvalue weighted by atomic mass is 9.84. The molecule has 0 heterocycles. The summed E-state index contributed by atoms with van der Waals surface area (Å²) < 4.78 is 0. The summed E-state index contributed by atoms with van der Waals surface area (Å²) in [6.45, 7) is 11.3. The summed E-state index contributed by atoms with van der Waals surface area (Å²) in [5.74, 6) is -2.78. The van der Waals surface area contributed by atoms with Gasteiger partial charge >= 0.3 is 0 Å². The molecule has 0 fully saturated rings. The van der Waals surface area contributed by atoms with Crippen LogP contribution in [0.1, 0.15) is 451 Å². The van der Waals surface area contributed by atoms with E-state index in [1.54, 1.807) is 0 Å². The molecule has 0 radical (unpaired) electrons. The quantitative estimate of drug-likeness (QED) is 0.0454. The van der Waals surface area contributed by atoms with Crippen LogP contribution in [-0.4, -0.2) is 49.8 Å². The van der Waals surface area contributed by atoms with Gasteiger partial charge in [0.05, 0.1) is 11.8 Å². The van der Waals surface area contributed by atoms with Crippen molar-refractivity contribution >= 4 is 23.6 Å². The zero-order valence-electron chi connectivity index (χ0n) is 60.3. The molecule has 0 aliphatic rings. The average molecular weight is 1240 g/mol. The van der Waals surface area contributed by atoms with E-state index in [-0.39, 0.29) is 36.5 Å². The van der Waals surface area contributed by atoms with E-state index in [1.165, 1.54) is 347 Å². The van der Waals surface area contributed by atoms with E-state index < -0.39 is 11.8 Å². The lowest BCUT2D eigenvalue weighted by molar-refractivity contribution is -0.140. The summed E-state index contributed by atoms with van der Waals surface area (Å²) in [6.07, 6.45) is 82.8. The van der Waals surface area contributed by atoms with E-state index in [2.05, 4.69) is 49.0 Å². The lowest BCUT2D eigenvalue weighted by Crippen LogP contribution is -2.46. The van der Waals surface area contributed by atoms with Gasteiger partial charge in [-0.2, -0.15) is 0 Å². The molecule has 0 rings (SSSR count). The number of nitrogens with one attached hydrogen (secondary N) is 4. The molecule has 0 aliphatic heterocycles. The maximum atomic E-state index is 14.4. The van der Waals surface area contributed by atoms with E-state index in [0.717, 1.165) is 64.2 Å². The summed E-state index contributed by atoms with van der Waals surface area (Å²) in [5.41, 5.74) is 0. The smallest absolute Gasteiger partial charge is 0.224 e. The molecule has 8 heteroatoms. The molecule has 522 valence electrons. The highest BCUT2D eigenvalue weighted by atomic mass is 16.2. The van der Waals surface area contributed by atoms with Gasteiger partial charge in [0.15, 0.2) is 0 Å². The Morgan fingerprint density at radius 3 is 0.455 bits per heavy atom. The van der Waals surface area contributed by atoms with Crippen LogP contribution < -0.4 is 21.3 Å². The van der Waals surface area contributed by atoms with Gasteiger partial charge in [-0.15, -0.1) is 0 Å². The number of rotatable bonds is 75. The second kappa shape index (κ2) is 73.9. The third-order valence-corrected chi connectivity index (χ3v) is 19.3. The van der Waals surface area contributed by atoms with Crippen molar-refractivity contribution in [3.63, 3.8) is 0 Å². The average Bonchev–Trinajstić information content (AvgIpc) is 3.61. The molecular formula is C80H158N4O4. The predicted octanol–water partition coefficient (Wildman–Crippen LogP) is 24.5. The van der Waals surface area contributed by atoms with Gasteiger partial charge in [-0.25, -0.2) is 0 Å². The summed E-state index contributed by atoms with van der Waals surface area (Å²) in [5, 5.41) is 12.6. The van der Waals surface area contributed by atoms with Crippen molar-refractivity contribution < 1.29 is 19.2 Å². The van der Waals surface area contributed by atoms with Gasteiger partial charge in [-0.05, 0) is 25.7 Å². The van der Waals surface area contributed by atoms with Gasteiger partial charge in [0.25, 0.3) is 0 Å². The molecule has 0 saturated heterocycles. The molecule has 0 aliphatic carbocycles. The third kappa shape index (κ3) is 65.4. The third-order valence-electron chi connectivity index (χ3n) is 19.3. The minimum atomic E-state index is -0.918. The molecule has 2 atom stereocenters. The molecule has 4 N–H and O–H groups in total. The largest absolute Gasteiger partial charge is 0.356 e. The van der Waals surface area contributed by atoms with Crippen molar-refractivity contribution in [3.05, 3.63) is 0 Å². The number of hydrogen-bond donors (Lipinski definition) is 4. The van der Waals surface area contributed by atoms with Crippen LogP contribution in [0.3, 0.4) is 0 Å². The van der Waals surface area contributed by atoms with Crippen molar-refractivity contribution in [2.45, 2.75) is 451 Å². The summed E-state index contributed by atoms with van der Waals surface area (Å²) in [7, 11) is 0. The Bertz CT molecular complexity index is 1320. The fourth-order valence-electron chi connectivity index (χ4n) is 13.2. The van der Waals surface area contributed by atoms with Crippen molar-refractivity contribution in [2.24, 2.45) is 11.8 Å². The molecule has 0 aromatic heterocycles. The molecule has 4 amide bonds. The Morgan fingerprint density at radius 2 is 0.307 bits per heavy atom. The van der Waals surface area contributed by atoms with Crippen LogP contribution in [0.25, 0.3) is 0 Å². The number of carbonyl (C=O) groups excluding carboxylic acids is 4. The van der Waals surface area contributed by atoms with Crippen LogP contribution in [0.2, 0.25) is 0 Å². The number of hydrogen-bond acceptors (Lipinski definition) is 4.